The molecular formula is C42H46F6N4O4S2. The summed E-state index contributed by atoms with van der Waals surface area (Å²) in [6, 6.07) is 21.7. The zero-order chi connectivity index (χ0) is 41.1. The van der Waals surface area contributed by atoms with Crippen LogP contribution in [-0.2, 0) is 46.6 Å². The largest absolute Gasteiger partial charge is 0.416 e. The van der Waals surface area contributed by atoms with Gasteiger partial charge >= 0.3 is 12.4 Å². The third kappa shape index (κ3) is 10.1. The van der Waals surface area contributed by atoms with Crippen LogP contribution in [-0.4, -0.2) is 104 Å². The molecule has 8 nitrogen and oxygen atoms in total. The Morgan fingerprint density at radius 1 is 0.724 bits per heavy atom. The molecule has 0 bridgehead atoms. The molecule has 0 N–H and O–H groups in total. The van der Waals surface area contributed by atoms with Crippen LogP contribution in [0.2, 0.25) is 0 Å². The van der Waals surface area contributed by atoms with Gasteiger partial charge in [-0.2, -0.15) is 30.6 Å². The third-order valence-corrected chi connectivity index (χ3v) is 14.8. The van der Waals surface area contributed by atoms with Gasteiger partial charge in [0.25, 0.3) is 15.9 Å². The van der Waals surface area contributed by atoms with Gasteiger partial charge < -0.3 is 9.64 Å². The number of amides is 1. The van der Waals surface area contributed by atoms with Crippen LogP contribution in [0.15, 0.2) is 94.5 Å². The minimum Gasteiger partial charge on any atom is -0.376 e. The minimum atomic E-state index is -5.06. The molecule has 0 aliphatic carbocycles. The molecule has 3 saturated heterocycles. The van der Waals surface area contributed by atoms with Crippen LogP contribution in [0, 0.1) is 0 Å². The van der Waals surface area contributed by atoms with Gasteiger partial charge in [0.05, 0.1) is 24.3 Å². The molecule has 58 heavy (non-hydrogen) atoms. The lowest BCUT2D eigenvalue weighted by molar-refractivity contribution is -0.143. The average Bonchev–Trinajstić information content (AvgIpc) is 3.92. The standard InChI is InChI=1S/C42H46F6N4O4S2/c43-41(44,45)34-23-33(24-35(25-34)42(46,47)48)40(53)52-15-12-36(26-38(52)21-30-7-3-1-4-8-30)49-16-18-50(19-17-49)37-11-14-51(27-37)58(54,55)39-22-32(29-57-39)13-20-56-28-31-9-5-2-6-10-31/h1-10,22-25,29,36-38H,11-21,26-28H2. The van der Waals surface area contributed by atoms with E-state index in [0.717, 1.165) is 36.2 Å². The van der Waals surface area contributed by atoms with E-state index in [9.17, 15) is 39.6 Å². The van der Waals surface area contributed by atoms with Crippen molar-refractivity contribution in [2.75, 3.05) is 52.4 Å². The maximum absolute atomic E-state index is 13.8. The van der Waals surface area contributed by atoms with Crippen molar-refractivity contribution >= 4 is 27.3 Å². The number of ether oxygens (including phenoxy) is 1. The van der Waals surface area contributed by atoms with Crippen LogP contribution >= 0.6 is 11.3 Å². The van der Waals surface area contributed by atoms with Gasteiger partial charge in [-0.15, -0.1) is 11.3 Å². The molecule has 16 heteroatoms. The molecular weight excluding hydrogens is 803 g/mol. The summed E-state index contributed by atoms with van der Waals surface area (Å²) >= 11 is 1.23. The van der Waals surface area contributed by atoms with E-state index in [1.165, 1.54) is 16.2 Å². The molecule has 7 rings (SSSR count). The van der Waals surface area contributed by atoms with E-state index < -0.39 is 51.0 Å². The van der Waals surface area contributed by atoms with Crippen molar-refractivity contribution in [2.24, 2.45) is 0 Å². The highest BCUT2D eigenvalue weighted by Gasteiger charge is 2.41. The van der Waals surface area contributed by atoms with Crippen LogP contribution in [0.3, 0.4) is 0 Å². The molecule has 4 aromatic rings. The van der Waals surface area contributed by atoms with E-state index in [0.29, 0.717) is 81.4 Å². The first kappa shape index (κ1) is 42.3. The van der Waals surface area contributed by atoms with Gasteiger partial charge in [0.15, 0.2) is 0 Å². The molecule has 3 aromatic carbocycles. The number of thiophene rings is 1. The highest BCUT2D eigenvalue weighted by atomic mass is 32.2. The number of sulfonamides is 1. The number of piperazine rings is 1. The van der Waals surface area contributed by atoms with E-state index in [4.69, 9.17) is 4.74 Å². The second-order valence-corrected chi connectivity index (χ2v) is 18.3. The van der Waals surface area contributed by atoms with Crippen molar-refractivity contribution in [3.63, 3.8) is 0 Å². The number of hydrogen-bond donors (Lipinski definition) is 0. The SMILES string of the molecule is O=C(c1cc(C(F)(F)F)cc(C(F)(F)F)c1)N1CCC(N2CCN(C3CCN(S(=O)(=O)c4cc(CCOCc5ccccc5)cs4)C3)CC2)CC1Cc1ccccc1. The van der Waals surface area contributed by atoms with Crippen LogP contribution in [0.25, 0.3) is 0 Å². The molecule has 3 atom stereocenters. The topological polar surface area (TPSA) is 73.4 Å². The summed E-state index contributed by atoms with van der Waals surface area (Å²) < 4.78 is 117. The predicted octanol–water partition coefficient (Wildman–Crippen LogP) is 7.84. The molecule has 3 aliphatic heterocycles. The lowest BCUT2D eigenvalue weighted by atomic mass is 9.90. The number of hydrogen-bond acceptors (Lipinski definition) is 7. The molecule has 4 heterocycles. The zero-order valence-corrected chi connectivity index (χ0v) is 33.4. The number of alkyl halides is 6. The van der Waals surface area contributed by atoms with Crippen molar-refractivity contribution in [1.82, 2.24) is 19.0 Å². The van der Waals surface area contributed by atoms with Gasteiger partial charge in [0.2, 0.25) is 0 Å². The Labute approximate surface area is 339 Å². The van der Waals surface area contributed by atoms with Gasteiger partial charge in [-0.05, 0) is 78.4 Å². The van der Waals surface area contributed by atoms with Crippen LogP contribution < -0.4 is 0 Å². The Morgan fingerprint density at radius 3 is 1.93 bits per heavy atom. The van der Waals surface area contributed by atoms with Crippen LogP contribution in [0.1, 0.15) is 57.4 Å². The molecule has 0 spiro atoms. The summed E-state index contributed by atoms with van der Waals surface area (Å²) in [5, 5.41) is 1.88. The number of halogens is 6. The second-order valence-electron chi connectivity index (χ2n) is 15.3. The summed E-state index contributed by atoms with van der Waals surface area (Å²) in [4.78, 5) is 20.0. The Kier molecular flexibility index (Phi) is 13.0. The highest BCUT2D eigenvalue weighted by molar-refractivity contribution is 7.91. The first-order chi connectivity index (χ1) is 27.6. The lowest BCUT2D eigenvalue weighted by Gasteiger charge is -2.47. The fourth-order valence-electron chi connectivity index (χ4n) is 8.35. The summed E-state index contributed by atoms with van der Waals surface area (Å²) in [6.45, 7) is 4.87. The monoisotopic (exact) mass is 848 g/mol. The Morgan fingerprint density at radius 2 is 1.31 bits per heavy atom. The summed E-state index contributed by atoms with van der Waals surface area (Å²) in [6.07, 6.45) is -7.38. The van der Waals surface area contributed by atoms with E-state index >= 15 is 0 Å². The fraction of sp³-hybridized carbons (Fsp3) is 0.452. The van der Waals surface area contributed by atoms with Gasteiger partial charge in [-0.25, -0.2) is 8.42 Å². The van der Waals surface area contributed by atoms with E-state index in [-0.39, 0.29) is 24.7 Å². The van der Waals surface area contributed by atoms with Crippen molar-refractivity contribution < 1.29 is 44.3 Å². The molecule has 1 aromatic heterocycles. The molecule has 1 amide bonds. The van der Waals surface area contributed by atoms with Crippen molar-refractivity contribution in [3.05, 3.63) is 124 Å². The van der Waals surface area contributed by atoms with Crippen molar-refractivity contribution in [1.29, 1.82) is 0 Å². The summed E-state index contributed by atoms with van der Waals surface area (Å²) in [7, 11) is -3.64. The maximum atomic E-state index is 13.8. The molecule has 0 radical (unpaired) electrons. The third-order valence-electron chi connectivity index (χ3n) is 11.5. The first-order valence-corrected chi connectivity index (χ1v) is 21.8. The summed E-state index contributed by atoms with van der Waals surface area (Å²) in [5.74, 6) is -0.854. The molecule has 3 aliphatic rings. The molecule has 3 fully saturated rings. The first-order valence-electron chi connectivity index (χ1n) is 19.5. The van der Waals surface area contributed by atoms with Gasteiger partial charge in [0, 0.05) is 69.5 Å². The Balaban J connectivity index is 0.949. The molecule has 0 saturated carbocycles. The van der Waals surface area contributed by atoms with Crippen LogP contribution in [0.4, 0.5) is 26.3 Å². The highest BCUT2D eigenvalue weighted by Crippen LogP contribution is 2.38. The number of likely N-dealkylation sites (tertiary alicyclic amines) is 1. The van der Waals surface area contributed by atoms with E-state index in [1.807, 2.05) is 66.0 Å². The zero-order valence-electron chi connectivity index (χ0n) is 31.8. The van der Waals surface area contributed by atoms with Gasteiger partial charge in [0.1, 0.15) is 4.21 Å². The van der Waals surface area contributed by atoms with Crippen molar-refractivity contribution in [3.8, 4) is 0 Å². The Bertz CT molecular complexity index is 2080. The number of carbonyl (C=O) groups excluding carboxylic acids is 1. The fourth-order valence-corrected chi connectivity index (χ4v) is 11.2. The smallest absolute Gasteiger partial charge is 0.376 e. The van der Waals surface area contributed by atoms with Crippen LogP contribution in [0.5, 0.6) is 0 Å². The van der Waals surface area contributed by atoms with Gasteiger partial charge in [-0.3, -0.25) is 14.6 Å². The number of nitrogens with zero attached hydrogens (tertiary/aromatic N) is 4. The predicted molar refractivity (Wildman–Crippen MR) is 209 cm³/mol. The number of piperidine rings is 1. The van der Waals surface area contributed by atoms with E-state index in [2.05, 4.69) is 9.80 Å². The second kappa shape index (κ2) is 17.8. The van der Waals surface area contributed by atoms with Crippen molar-refractivity contribution in [2.45, 2.75) is 73.4 Å². The average molecular weight is 849 g/mol. The number of rotatable bonds is 12. The minimum absolute atomic E-state index is 0.0392. The van der Waals surface area contributed by atoms with Gasteiger partial charge in [-0.1, -0.05) is 60.7 Å². The maximum Gasteiger partial charge on any atom is 0.416 e. The number of carbonyl (C=O) groups is 1. The molecule has 3 unspecified atom stereocenters. The number of benzene rings is 3. The normalized spacial score (nSPS) is 21.8. The van der Waals surface area contributed by atoms with E-state index in [1.54, 1.807) is 10.4 Å². The Hall–Kier alpha value is -3.80. The summed E-state index contributed by atoms with van der Waals surface area (Å²) in [5.41, 5.74) is -0.753. The molecule has 312 valence electrons. The lowest BCUT2D eigenvalue weighted by Crippen LogP contribution is -2.58. The quantitative estimate of drug-likeness (QED) is 0.107.